The highest BCUT2D eigenvalue weighted by Gasteiger charge is 2.31. The summed E-state index contributed by atoms with van der Waals surface area (Å²) in [5, 5.41) is 0. The lowest BCUT2D eigenvalue weighted by molar-refractivity contribution is -0.149. The number of hydrogen-bond acceptors (Lipinski definition) is 3. The minimum absolute atomic E-state index is 0.189. The number of benzene rings is 1. The number of Topliss-reactive ketones (excluding diaryl/α,β-unsaturated/α-hetero) is 1. The van der Waals surface area contributed by atoms with E-state index >= 15 is 0 Å². The Morgan fingerprint density at radius 1 is 1.25 bits per heavy atom. The maximum atomic E-state index is 12.1. The van der Waals surface area contributed by atoms with E-state index in [1.807, 2.05) is 19.1 Å². The summed E-state index contributed by atoms with van der Waals surface area (Å²) in [5.74, 6) is -0.641. The van der Waals surface area contributed by atoms with Crippen molar-refractivity contribution in [2.24, 2.45) is 0 Å². The van der Waals surface area contributed by atoms with Gasteiger partial charge in [-0.1, -0.05) is 23.8 Å². The van der Waals surface area contributed by atoms with E-state index in [0.29, 0.717) is 5.56 Å². The van der Waals surface area contributed by atoms with Crippen LogP contribution in [0.3, 0.4) is 0 Å². The third kappa shape index (κ3) is 2.92. The third-order valence-electron chi connectivity index (χ3n) is 2.23. The van der Waals surface area contributed by atoms with Gasteiger partial charge in [0, 0.05) is 12.5 Å². The van der Waals surface area contributed by atoms with Crippen molar-refractivity contribution in [3.8, 4) is 0 Å². The highest BCUT2D eigenvalue weighted by molar-refractivity contribution is 6.02. The molecule has 0 fully saturated rings. The molecule has 0 bridgehead atoms. The molecule has 0 saturated carbocycles. The van der Waals surface area contributed by atoms with Gasteiger partial charge in [0.25, 0.3) is 0 Å². The first-order valence-corrected chi connectivity index (χ1v) is 5.14. The van der Waals surface area contributed by atoms with Crippen molar-refractivity contribution in [2.45, 2.75) is 33.3 Å². The second-order valence-corrected chi connectivity index (χ2v) is 4.30. The molecule has 0 atom stereocenters. The average Bonchev–Trinajstić information content (AvgIpc) is 2.14. The Kier molecular flexibility index (Phi) is 3.48. The van der Waals surface area contributed by atoms with Gasteiger partial charge in [-0.15, -0.1) is 0 Å². The van der Waals surface area contributed by atoms with Crippen LogP contribution in [-0.4, -0.2) is 17.4 Å². The van der Waals surface area contributed by atoms with E-state index in [-0.39, 0.29) is 5.78 Å². The van der Waals surface area contributed by atoms with Crippen LogP contribution >= 0.6 is 0 Å². The van der Waals surface area contributed by atoms with Gasteiger partial charge in [0.2, 0.25) is 5.78 Å². The minimum atomic E-state index is -1.11. The SMILES string of the molecule is CC(=O)OC(C)(C)C(=O)c1cccc(C)c1. The fraction of sp³-hybridized carbons (Fsp3) is 0.385. The van der Waals surface area contributed by atoms with Crippen LogP contribution in [0.2, 0.25) is 0 Å². The van der Waals surface area contributed by atoms with E-state index in [4.69, 9.17) is 4.74 Å². The topological polar surface area (TPSA) is 43.4 Å². The normalized spacial score (nSPS) is 11.0. The standard InChI is InChI=1S/C13H16O3/c1-9-6-5-7-11(8-9)12(15)13(3,4)16-10(2)14/h5-8H,1-4H3. The Balaban J connectivity index is 2.97. The molecule has 3 nitrogen and oxygen atoms in total. The van der Waals surface area contributed by atoms with E-state index < -0.39 is 11.6 Å². The zero-order valence-electron chi connectivity index (χ0n) is 10.0. The molecular formula is C13H16O3. The van der Waals surface area contributed by atoms with Crippen molar-refractivity contribution in [1.82, 2.24) is 0 Å². The minimum Gasteiger partial charge on any atom is -0.451 e. The molecular weight excluding hydrogens is 204 g/mol. The van der Waals surface area contributed by atoms with Crippen LogP contribution in [0.15, 0.2) is 24.3 Å². The summed E-state index contributed by atoms with van der Waals surface area (Å²) >= 11 is 0. The predicted molar refractivity (Wildman–Crippen MR) is 61.4 cm³/mol. The van der Waals surface area contributed by atoms with Crippen LogP contribution in [0.5, 0.6) is 0 Å². The summed E-state index contributed by atoms with van der Waals surface area (Å²) in [6.45, 7) is 6.40. The van der Waals surface area contributed by atoms with Gasteiger partial charge in [-0.05, 0) is 26.8 Å². The van der Waals surface area contributed by atoms with Gasteiger partial charge < -0.3 is 4.74 Å². The van der Waals surface area contributed by atoms with Gasteiger partial charge in [0.05, 0.1) is 0 Å². The number of hydrogen-bond donors (Lipinski definition) is 0. The molecule has 0 spiro atoms. The van der Waals surface area contributed by atoms with E-state index in [1.165, 1.54) is 6.92 Å². The van der Waals surface area contributed by atoms with E-state index in [2.05, 4.69) is 0 Å². The number of aryl methyl sites for hydroxylation is 1. The molecule has 0 aliphatic heterocycles. The zero-order valence-corrected chi connectivity index (χ0v) is 10.0. The molecule has 0 radical (unpaired) electrons. The van der Waals surface area contributed by atoms with Gasteiger partial charge in [-0.25, -0.2) is 0 Å². The van der Waals surface area contributed by atoms with Gasteiger partial charge in [-0.3, -0.25) is 9.59 Å². The van der Waals surface area contributed by atoms with Crippen molar-refractivity contribution in [2.75, 3.05) is 0 Å². The smallest absolute Gasteiger partial charge is 0.303 e. The second kappa shape index (κ2) is 4.47. The predicted octanol–water partition coefficient (Wildman–Crippen LogP) is 2.52. The first kappa shape index (κ1) is 12.4. The highest BCUT2D eigenvalue weighted by atomic mass is 16.6. The maximum absolute atomic E-state index is 12.1. The molecule has 3 heteroatoms. The van der Waals surface area contributed by atoms with Crippen LogP contribution in [0, 0.1) is 6.92 Å². The molecule has 86 valence electrons. The number of ether oxygens (including phenoxy) is 1. The lowest BCUT2D eigenvalue weighted by Gasteiger charge is -2.22. The molecule has 0 amide bonds. The Labute approximate surface area is 95.4 Å². The fourth-order valence-electron chi connectivity index (χ4n) is 1.54. The van der Waals surface area contributed by atoms with E-state index in [9.17, 15) is 9.59 Å². The average molecular weight is 220 g/mol. The van der Waals surface area contributed by atoms with Crippen LogP contribution < -0.4 is 0 Å². The number of rotatable bonds is 3. The molecule has 1 aromatic carbocycles. The van der Waals surface area contributed by atoms with E-state index in [1.54, 1.807) is 26.0 Å². The summed E-state index contributed by atoms with van der Waals surface area (Å²) in [6.07, 6.45) is 0. The Morgan fingerprint density at radius 3 is 2.38 bits per heavy atom. The van der Waals surface area contributed by atoms with E-state index in [0.717, 1.165) is 5.56 Å². The van der Waals surface area contributed by atoms with Crippen molar-refractivity contribution in [3.63, 3.8) is 0 Å². The molecule has 0 aliphatic carbocycles. The Bertz CT molecular complexity index is 419. The van der Waals surface area contributed by atoms with Crippen molar-refractivity contribution in [3.05, 3.63) is 35.4 Å². The third-order valence-corrected chi connectivity index (χ3v) is 2.23. The molecule has 16 heavy (non-hydrogen) atoms. The molecule has 1 rings (SSSR count). The summed E-state index contributed by atoms with van der Waals surface area (Å²) < 4.78 is 5.01. The lowest BCUT2D eigenvalue weighted by Crippen LogP contribution is -2.36. The largest absolute Gasteiger partial charge is 0.451 e. The monoisotopic (exact) mass is 220 g/mol. The van der Waals surface area contributed by atoms with Crippen LogP contribution in [0.25, 0.3) is 0 Å². The first-order valence-electron chi connectivity index (χ1n) is 5.14. The Hall–Kier alpha value is -1.64. The van der Waals surface area contributed by atoms with Crippen molar-refractivity contribution < 1.29 is 14.3 Å². The Morgan fingerprint density at radius 2 is 1.88 bits per heavy atom. The summed E-state index contributed by atoms with van der Waals surface area (Å²) in [5.41, 5.74) is 0.454. The van der Waals surface area contributed by atoms with Crippen molar-refractivity contribution >= 4 is 11.8 Å². The molecule has 0 aromatic heterocycles. The van der Waals surface area contributed by atoms with Gasteiger partial charge in [-0.2, -0.15) is 0 Å². The first-order chi connectivity index (χ1) is 7.33. The van der Waals surface area contributed by atoms with Crippen LogP contribution in [-0.2, 0) is 9.53 Å². The molecule has 0 aliphatic rings. The van der Waals surface area contributed by atoms with Gasteiger partial charge >= 0.3 is 5.97 Å². The highest BCUT2D eigenvalue weighted by Crippen LogP contribution is 2.18. The number of carbonyl (C=O) groups excluding carboxylic acids is 2. The summed E-state index contributed by atoms with van der Waals surface area (Å²) in [6, 6.07) is 7.23. The lowest BCUT2D eigenvalue weighted by atomic mass is 9.95. The molecule has 0 saturated heterocycles. The number of carbonyl (C=O) groups is 2. The van der Waals surface area contributed by atoms with Gasteiger partial charge in [0.1, 0.15) is 0 Å². The second-order valence-electron chi connectivity index (χ2n) is 4.30. The van der Waals surface area contributed by atoms with Crippen LogP contribution in [0.1, 0.15) is 36.7 Å². The number of ketones is 1. The molecule has 0 N–H and O–H groups in total. The molecule has 0 unspecified atom stereocenters. The van der Waals surface area contributed by atoms with Crippen LogP contribution in [0.4, 0.5) is 0 Å². The van der Waals surface area contributed by atoms with Crippen molar-refractivity contribution in [1.29, 1.82) is 0 Å². The molecule has 0 heterocycles. The fourth-order valence-corrected chi connectivity index (χ4v) is 1.54. The maximum Gasteiger partial charge on any atom is 0.303 e. The quantitative estimate of drug-likeness (QED) is 0.580. The summed E-state index contributed by atoms with van der Waals surface area (Å²) in [4.78, 5) is 23.0. The molecule has 1 aromatic rings. The van der Waals surface area contributed by atoms with Gasteiger partial charge in [0.15, 0.2) is 5.60 Å². The zero-order chi connectivity index (χ0) is 12.3. The summed E-state index contributed by atoms with van der Waals surface area (Å²) in [7, 11) is 0. The number of esters is 1.